The highest BCUT2D eigenvalue weighted by Gasteiger charge is 2.34. The fourth-order valence-corrected chi connectivity index (χ4v) is 2.32. The third-order valence-electron chi connectivity index (χ3n) is 3.42. The number of hydrogen-bond donors (Lipinski definition) is 0. The van der Waals surface area contributed by atoms with Crippen LogP contribution in [0.25, 0.3) is 0 Å². The zero-order valence-corrected chi connectivity index (χ0v) is 11.1. The molecule has 0 radical (unpaired) electrons. The summed E-state index contributed by atoms with van der Waals surface area (Å²) in [6, 6.07) is 2.48. The van der Waals surface area contributed by atoms with E-state index in [-0.39, 0.29) is 5.41 Å². The molecule has 1 aliphatic rings. The lowest BCUT2D eigenvalue weighted by molar-refractivity contribution is 0.0393. The van der Waals surface area contributed by atoms with Crippen molar-refractivity contribution in [2.45, 2.75) is 39.7 Å². The van der Waals surface area contributed by atoms with Gasteiger partial charge in [-0.05, 0) is 18.8 Å². The molecule has 1 aliphatic heterocycles. The summed E-state index contributed by atoms with van der Waals surface area (Å²) in [5.41, 5.74) is -0.319. The Morgan fingerprint density at radius 3 is 2.83 bits per heavy atom. The number of rotatable bonds is 4. The first-order valence-corrected chi connectivity index (χ1v) is 6.51. The van der Waals surface area contributed by atoms with Gasteiger partial charge in [0, 0.05) is 26.2 Å². The van der Waals surface area contributed by atoms with Crippen LogP contribution in [0.2, 0.25) is 0 Å². The summed E-state index contributed by atoms with van der Waals surface area (Å²) in [6.07, 6.45) is 3.85. The topological polar surface area (TPSA) is 63.7 Å². The fourth-order valence-electron chi connectivity index (χ4n) is 2.32. The van der Waals surface area contributed by atoms with Gasteiger partial charge in [-0.1, -0.05) is 13.8 Å². The molecule has 2 heterocycles. The van der Waals surface area contributed by atoms with Crippen molar-refractivity contribution in [1.82, 2.24) is 14.8 Å². The summed E-state index contributed by atoms with van der Waals surface area (Å²) >= 11 is 0. The Morgan fingerprint density at radius 2 is 2.22 bits per heavy atom. The number of hydrogen-bond acceptors (Lipinski definition) is 4. The highest BCUT2D eigenvalue weighted by atomic mass is 16.5. The van der Waals surface area contributed by atoms with Crippen LogP contribution in [-0.4, -0.2) is 28.0 Å². The van der Waals surface area contributed by atoms with Crippen LogP contribution in [0.15, 0.2) is 6.33 Å². The lowest BCUT2D eigenvalue weighted by Crippen LogP contribution is -2.31. The van der Waals surface area contributed by atoms with Crippen LogP contribution < -0.4 is 0 Å². The molecule has 1 saturated heterocycles. The SMILES string of the molecule is CC(C)Cn1ncnc1CC1(C#N)CCOCC1. The molecular formula is C13H20N4O. The number of nitriles is 1. The van der Waals surface area contributed by atoms with Crippen molar-refractivity contribution >= 4 is 0 Å². The van der Waals surface area contributed by atoms with E-state index in [0.29, 0.717) is 25.6 Å². The first kappa shape index (κ1) is 13.0. The monoisotopic (exact) mass is 248 g/mol. The molecule has 1 aromatic heterocycles. The highest BCUT2D eigenvalue weighted by molar-refractivity contribution is 5.06. The summed E-state index contributed by atoms with van der Waals surface area (Å²) in [4.78, 5) is 4.32. The van der Waals surface area contributed by atoms with Gasteiger partial charge in [0.25, 0.3) is 0 Å². The maximum Gasteiger partial charge on any atom is 0.138 e. The molecule has 0 spiro atoms. The lowest BCUT2D eigenvalue weighted by Gasteiger charge is -2.30. The number of aromatic nitrogens is 3. The van der Waals surface area contributed by atoms with Gasteiger partial charge in [-0.3, -0.25) is 0 Å². The Labute approximate surface area is 108 Å². The van der Waals surface area contributed by atoms with E-state index in [2.05, 4.69) is 30.0 Å². The van der Waals surface area contributed by atoms with Gasteiger partial charge in [0.15, 0.2) is 0 Å². The Bertz CT molecular complexity index is 426. The van der Waals surface area contributed by atoms with Gasteiger partial charge in [0.1, 0.15) is 12.2 Å². The van der Waals surface area contributed by atoms with Crippen LogP contribution >= 0.6 is 0 Å². The minimum absolute atomic E-state index is 0.319. The summed E-state index contributed by atoms with van der Waals surface area (Å²) in [7, 11) is 0. The second kappa shape index (κ2) is 5.49. The second-order valence-electron chi connectivity index (χ2n) is 5.43. The van der Waals surface area contributed by atoms with Crippen molar-refractivity contribution in [2.75, 3.05) is 13.2 Å². The summed E-state index contributed by atoms with van der Waals surface area (Å²) in [6.45, 7) is 6.50. The van der Waals surface area contributed by atoms with Crippen molar-refractivity contribution < 1.29 is 4.74 Å². The fraction of sp³-hybridized carbons (Fsp3) is 0.769. The average molecular weight is 248 g/mol. The van der Waals surface area contributed by atoms with E-state index in [1.165, 1.54) is 0 Å². The number of nitrogens with zero attached hydrogens (tertiary/aromatic N) is 4. The van der Waals surface area contributed by atoms with E-state index >= 15 is 0 Å². The van der Waals surface area contributed by atoms with E-state index < -0.39 is 0 Å². The second-order valence-corrected chi connectivity index (χ2v) is 5.43. The molecule has 1 aromatic rings. The maximum absolute atomic E-state index is 9.45. The van der Waals surface area contributed by atoms with E-state index in [4.69, 9.17) is 4.74 Å². The molecule has 0 aliphatic carbocycles. The minimum Gasteiger partial charge on any atom is -0.381 e. The maximum atomic E-state index is 9.45. The first-order valence-electron chi connectivity index (χ1n) is 6.51. The van der Waals surface area contributed by atoms with Crippen molar-refractivity contribution in [3.05, 3.63) is 12.2 Å². The Kier molecular flexibility index (Phi) is 3.97. The third kappa shape index (κ3) is 2.88. The predicted octanol–water partition coefficient (Wildman–Crippen LogP) is 1.80. The van der Waals surface area contributed by atoms with Crippen molar-refractivity contribution in [2.24, 2.45) is 11.3 Å². The van der Waals surface area contributed by atoms with Gasteiger partial charge in [-0.15, -0.1) is 0 Å². The molecule has 0 amide bonds. The van der Waals surface area contributed by atoms with Crippen molar-refractivity contribution in [1.29, 1.82) is 5.26 Å². The molecule has 18 heavy (non-hydrogen) atoms. The molecule has 5 heteroatoms. The van der Waals surface area contributed by atoms with E-state index in [9.17, 15) is 5.26 Å². The van der Waals surface area contributed by atoms with Crippen molar-refractivity contribution in [3.8, 4) is 6.07 Å². The normalized spacial score (nSPS) is 18.8. The molecule has 0 atom stereocenters. The molecular weight excluding hydrogens is 228 g/mol. The summed E-state index contributed by atoms with van der Waals surface area (Å²) < 4.78 is 7.28. The molecule has 0 N–H and O–H groups in total. The van der Waals surface area contributed by atoms with Gasteiger partial charge < -0.3 is 4.74 Å². The van der Waals surface area contributed by atoms with Crippen LogP contribution in [-0.2, 0) is 17.7 Å². The smallest absolute Gasteiger partial charge is 0.138 e. The number of ether oxygens (including phenoxy) is 1. The highest BCUT2D eigenvalue weighted by Crippen LogP contribution is 2.33. The van der Waals surface area contributed by atoms with Crippen LogP contribution in [0.1, 0.15) is 32.5 Å². The van der Waals surface area contributed by atoms with Gasteiger partial charge in [-0.25, -0.2) is 9.67 Å². The first-order chi connectivity index (χ1) is 8.65. The van der Waals surface area contributed by atoms with Gasteiger partial charge >= 0.3 is 0 Å². The molecule has 98 valence electrons. The summed E-state index contributed by atoms with van der Waals surface area (Å²) in [5.74, 6) is 1.45. The van der Waals surface area contributed by atoms with Gasteiger partial charge in [0.2, 0.25) is 0 Å². The molecule has 0 bridgehead atoms. The molecule has 5 nitrogen and oxygen atoms in total. The zero-order chi connectivity index (χ0) is 13.0. The standard InChI is InChI=1S/C13H20N4O/c1-11(2)8-17-12(15-10-16-17)7-13(9-14)3-5-18-6-4-13/h10-11H,3-8H2,1-2H3. The van der Waals surface area contributed by atoms with E-state index in [1.807, 2.05) is 4.68 Å². The average Bonchev–Trinajstić information content (AvgIpc) is 2.77. The Balaban J connectivity index is 2.12. The van der Waals surface area contributed by atoms with E-state index in [0.717, 1.165) is 25.2 Å². The molecule has 0 saturated carbocycles. The minimum atomic E-state index is -0.319. The van der Waals surface area contributed by atoms with Crippen molar-refractivity contribution in [3.63, 3.8) is 0 Å². The van der Waals surface area contributed by atoms with Crippen LogP contribution in [0.4, 0.5) is 0 Å². The Hall–Kier alpha value is -1.41. The van der Waals surface area contributed by atoms with Crippen LogP contribution in [0.5, 0.6) is 0 Å². The quantitative estimate of drug-likeness (QED) is 0.815. The molecule has 2 rings (SSSR count). The van der Waals surface area contributed by atoms with Gasteiger partial charge in [0.05, 0.1) is 11.5 Å². The van der Waals surface area contributed by atoms with E-state index in [1.54, 1.807) is 6.33 Å². The molecule has 1 fully saturated rings. The molecule has 0 unspecified atom stereocenters. The predicted molar refractivity (Wildman–Crippen MR) is 66.7 cm³/mol. The lowest BCUT2D eigenvalue weighted by atomic mass is 9.78. The Morgan fingerprint density at radius 1 is 1.50 bits per heavy atom. The molecule has 0 aromatic carbocycles. The summed E-state index contributed by atoms with van der Waals surface area (Å²) in [5, 5.41) is 13.7. The van der Waals surface area contributed by atoms with Crippen LogP contribution in [0.3, 0.4) is 0 Å². The zero-order valence-electron chi connectivity index (χ0n) is 11.1. The third-order valence-corrected chi connectivity index (χ3v) is 3.42. The largest absolute Gasteiger partial charge is 0.381 e. The van der Waals surface area contributed by atoms with Crippen LogP contribution in [0, 0.1) is 22.7 Å². The van der Waals surface area contributed by atoms with Gasteiger partial charge in [-0.2, -0.15) is 10.4 Å².